The third-order valence-corrected chi connectivity index (χ3v) is 8.35. The molecular formula is C20H20N2O4S3. The van der Waals surface area contributed by atoms with Crippen molar-refractivity contribution in [2.24, 2.45) is 0 Å². The summed E-state index contributed by atoms with van der Waals surface area (Å²) in [5.74, 6) is -1.65. The third-order valence-electron chi connectivity index (χ3n) is 4.24. The van der Waals surface area contributed by atoms with E-state index in [0.717, 1.165) is 10.4 Å². The Morgan fingerprint density at radius 1 is 0.931 bits per heavy atom. The molecule has 0 saturated carbocycles. The molecule has 29 heavy (non-hydrogen) atoms. The van der Waals surface area contributed by atoms with Crippen LogP contribution in [0.1, 0.15) is 20.6 Å². The highest BCUT2D eigenvalue weighted by Crippen LogP contribution is 2.31. The first-order valence-electron chi connectivity index (χ1n) is 8.80. The molecule has 2 heterocycles. The van der Waals surface area contributed by atoms with Crippen molar-refractivity contribution < 1.29 is 18.0 Å². The Labute approximate surface area is 177 Å². The average Bonchev–Trinajstić information content (AvgIpc) is 3.40. The van der Waals surface area contributed by atoms with E-state index in [-0.39, 0.29) is 18.0 Å². The normalized spacial score (nSPS) is 12.3. The summed E-state index contributed by atoms with van der Waals surface area (Å²) < 4.78 is 26.3. The van der Waals surface area contributed by atoms with Gasteiger partial charge in [-0.15, -0.1) is 22.7 Å². The molecule has 0 spiro atoms. The Morgan fingerprint density at radius 3 is 2.21 bits per heavy atom. The molecule has 9 heteroatoms. The van der Waals surface area contributed by atoms with Crippen LogP contribution in [0, 0.1) is 6.92 Å². The zero-order valence-electron chi connectivity index (χ0n) is 15.6. The predicted molar refractivity (Wildman–Crippen MR) is 115 cm³/mol. The fraction of sp³-hybridized carbons (Fsp3) is 0.200. The quantitative estimate of drug-likeness (QED) is 0.544. The number of carbonyl (C=O) groups excluding carboxylic acids is 2. The summed E-state index contributed by atoms with van der Waals surface area (Å²) >= 11 is 2.77. The lowest BCUT2D eigenvalue weighted by Crippen LogP contribution is -2.41. The van der Waals surface area contributed by atoms with Gasteiger partial charge in [-0.1, -0.05) is 29.8 Å². The molecule has 152 valence electrons. The summed E-state index contributed by atoms with van der Waals surface area (Å²) in [5.41, 5.74) is 0.951. The van der Waals surface area contributed by atoms with Gasteiger partial charge >= 0.3 is 11.8 Å². The third kappa shape index (κ3) is 5.31. The highest BCUT2D eigenvalue weighted by molar-refractivity contribution is 7.91. The second-order valence-corrected chi connectivity index (χ2v) is 10.5. The number of aryl methyl sites for hydroxylation is 1. The van der Waals surface area contributed by atoms with E-state index in [1.807, 2.05) is 24.4 Å². The molecule has 2 amide bonds. The maximum Gasteiger partial charge on any atom is 0.309 e. The maximum absolute atomic E-state index is 13.2. The molecule has 2 aromatic heterocycles. The Morgan fingerprint density at radius 2 is 1.59 bits per heavy atom. The Hall–Kier alpha value is -2.49. The van der Waals surface area contributed by atoms with Gasteiger partial charge in [0, 0.05) is 16.3 Å². The van der Waals surface area contributed by atoms with Gasteiger partial charge in [0.25, 0.3) is 0 Å². The second kappa shape index (κ2) is 9.34. The van der Waals surface area contributed by atoms with E-state index >= 15 is 0 Å². The highest BCUT2D eigenvalue weighted by atomic mass is 32.2. The van der Waals surface area contributed by atoms with Gasteiger partial charge in [0.05, 0.1) is 11.4 Å². The van der Waals surface area contributed by atoms with Gasteiger partial charge in [0.2, 0.25) is 0 Å². The number of nitrogens with one attached hydrogen (secondary N) is 2. The van der Waals surface area contributed by atoms with Crippen molar-refractivity contribution in [2.75, 3.05) is 6.54 Å². The van der Waals surface area contributed by atoms with E-state index in [4.69, 9.17) is 0 Å². The monoisotopic (exact) mass is 448 g/mol. The van der Waals surface area contributed by atoms with Crippen molar-refractivity contribution in [1.29, 1.82) is 0 Å². The molecule has 1 aromatic carbocycles. The van der Waals surface area contributed by atoms with Gasteiger partial charge in [-0.05, 0) is 41.9 Å². The SMILES string of the molecule is Cc1ccc(S(=O)(=O)C(CNC(=O)C(=O)NCc2cccs2)c2cccs2)cc1. The zero-order chi connectivity index (χ0) is 20.9. The zero-order valence-corrected chi connectivity index (χ0v) is 18.1. The van der Waals surface area contributed by atoms with Gasteiger partial charge in [-0.25, -0.2) is 8.42 Å². The molecule has 3 rings (SSSR count). The Balaban J connectivity index is 1.70. The highest BCUT2D eigenvalue weighted by Gasteiger charge is 2.31. The van der Waals surface area contributed by atoms with Crippen molar-refractivity contribution in [3.63, 3.8) is 0 Å². The van der Waals surface area contributed by atoms with Gasteiger partial charge < -0.3 is 10.6 Å². The smallest absolute Gasteiger partial charge is 0.309 e. The van der Waals surface area contributed by atoms with Crippen LogP contribution < -0.4 is 10.6 Å². The van der Waals surface area contributed by atoms with Crippen LogP contribution in [0.5, 0.6) is 0 Å². The number of carbonyl (C=O) groups is 2. The molecule has 0 saturated heterocycles. The first-order valence-corrected chi connectivity index (χ1v) is 12.1. The van der Waals surface area contributed by atoms with Crippen LogP contribution >= 0.6 is 22.7 Å². The lowest BCUT2D eigenvalue weighted by molar-refractivity contribution is -0.139. The van der Waals surface area contributed by atoms with E-state index in [2.05, 4.69) is 10.6 Å². The van der Waals surface area contributed by atoms with Crippen molar-refractivity contribution >= 4 is 44.3 Å². The fourth-order valence-corrected chi connectivity index (χ4v) is 6.09. The number of rotatable bonds is 7. The summed E-state index contributed by atoms with van der Waals surface area (Å²) in [5, 5.41) is 7.69. The number of hydrogen-bond donors (Lipinski definition) is 2. The first kappa shape index (κ1) is 21.2. The summed E-state index contributed by atoms with van der Waals surface area (Å²) in [4.78, 5) is 25.9. The van der Waals surface area contributed by atoms with Crippen molar-refractivity contribution in [3.05, 3.63) is 74.6 Å². The lowest BCUT2D eigenvalue weighted by Gasteiger charge is -2.17. The number of benzene rings is 1. The first-order chi connectivity index (χ1) is 13.9. The van der Waals surface area contributed by atoms with E-state index < -0.39 is 26.9 Å². The number of sulfone groups is 1. The van der Waals surface area contributed by atoms with Crippen LogP contribution in [0.25, 0.3) is 0 Å². The lowest BCUT2D eigenvalue weighted by atomic mass is 10.2. The summed E-state index contributed by atoms with van der Waals surface area (Å²) in [6.45, 7) is 1.93. The molecule has 3 aromatic rings. The minimum atomic E-state index is -3.74. The number of thiophene rings is 2. The molecule has 0 bridgehead atoms. The van der Waals surface area contributed by atoms with Gasteiger partial charge in [0.1, 0.15) is 5.25 Å². The Bertz CT molecular complexity index is 1060. The van der Waals surface area contributed by atoms with E-state index in [1.165, 1.54) is 22.7 Å². The summed E-state index contributed by atoms with van der Waals surface area (Å²) in [7, 11) is -3.74. The predicted octanol–water partition coefficient (Wildman–Crippen LogP) is 3.07. The minimum Gasteiger partial charge on any atom is -0.346 e. The molecule has 1 atom stereocenters. The molecule has 0 aliphatic heterocycles. The molecule has 0 aliphatic carbocycles. The summed E-state index contributed by atoms with van der Waals surface area (Å²) in [6, 6.07) is 13.8. The largest absolute Gasteiger partial charge is 0.346 e. The van der Waals surface area contributed by atoms with Crippen LogP contribution in [0.15, 0.2) is 64.2 Å². The molecule has 2 N–H and O–H groups in total. The van der Waals surface area contributed by atoms with Crippen LogP contribution in [0.4, 0.5) is 0 Å². The molecule has 6 nitrogen and oxygen atoms in total. The maximum atomic E-state index is 13.2. The second-order valence-electron chi connectivity index (χ2n) is 6.33. The van der Waals surface area contributed by atoms with Gasteiger partial charge in [-0.3, -0.25) is 9.59 Å². The topological polar surface area (TPSA) is 92.3 Å². The molecule has 0 aliphatic rings. The van der Waals surface area contributed by atoms with Gasteiger partial charge in [0.15, 0.2) is 9.84 Å². The van der Waals surface area contributed by atoms with Crippen molar-refractivity contribution in [2.45, 2.75) is 23.6 Å². The number of amides is 2. The Kier molecular flexibility index (Phi) is 6.83. The van der Waals surface area contributed by atoms with Crippen LogP contribution in [0.2, 0.25) is 0 Å². The van der Waals surface area contributed by atoms with Gasteiger partial charge in [-0.2, -0.15) is 0 Å². The van der Waals surface area contributed by atoms with E-state index in [9.17, 15) is 18.0 Å². The minimum absolute atomic E-state index is 0.179. The molecule has 1 unspecified atom stereocenters. The van der Waals surface area contributed by atoms with E-state index in [1.54, 1.807) is 41.8 Å². The molecular weight excluding hydrogens is 428 g/mol. The van der Waals surface area contributed by atoms with Crippen LogP contribution in [0.3, 0.4) is 0 Å². The van der Waals surface area contributed by atoms with Crippen molar-refractivity contribution in [1.82, 2.24) is 10.6 Å². The standard InChI is InChI=1S/C20H20N2O4S3/c1-14-6-8-16(9-7-14)29(25,26)18(17-5-3-11-28-17)13-22-20(24)19(23)21-12-15-4-2-10-27-15/h2-11,18H,12-13H2,1H3,(H,21,23)(H,22,24). The van der Waals surface area contributed by atoms with Crippen molar-refractivity contribution in [3.8, 4) is 0 Å². The summed E-state index contributed by atoms with van der Waals surface area (Å²) in [6.07, 6.45) is 0. The average molecular weight is 449 g/mol. The van der Waals surface area contributed by atoms with Crippen LogP contribution in [-0.4, -0.2) is 26.8 Å². The van der Waals surface area contributed by atoms with Crippen LogP contribution in [-0.2, 0) is 26.0 Å². The van der Waals surface area contributed by atoms with E-state index in [0.29, 0.717) is 4.88 Å². The number of hydrogen-bond acceptors (Lipinski definition) is 6. The fourth-order valence-electron chi connectivity index (χ4n) is 2.66. The molecule has 0 fully saturated rings. The molecule has 0 radical (unpaired) electrons.